The standard InChI is InChI=1S/C50H61F2N3O11S/c1-29-10-8-9-11-33-26-50(33,46(59)54-67(60,61)48(5)16-17-48)27-40(56)39-24-35(28-55(39)45(58)37(30(2)20-29)25-43(57)66-47(3,4)49(6,51)52)65-44-36-14-13-34(62-7)21-32(36)22-38(53-44)31-12-15-41-42(23-31)64-19-18-63-41/h9,11-15,21-23,29-30,33,35,37,39H,8,10,16-20,24-28H2,1-7H3,(H,54,59)/b11-9-/t29-,30-,33-,35-,37+,39+,50-/m1/s1. The van der Waals surface area contributed by atoms with Gasteiger partial charge in [0.25, 0.3) is 5.92 Å². The lowest BCUT2D eigenvalue weighted by Crippen LogP contribution is -2.49. The molecule has 1 N–H and O–H groups in total. The summed E-state index contributed by atoms with van der Waals surface area (Å²) in [7, 11) is -2.48. The van der Waals surface area contributed by atoms with E-state index in [-0.39, 0.29) is 37.6 Å². The average molecular weight is 950 g/mol. The molecule has 14 nitrogen and oxygen atoms in total. The summed E-state index contributed by atoms with van der Waals surface area (Å²) in [6.07, 6.45) is 4.96. The van der Waals surface area contributed by atoms with Crippen LogP contribution >= 0.6 is 0 Å². The summed E-state index contributed by atoms with van der Waals surface area (Å²) in [4.78, 5) is 64.4. The van der Waals surface area contributed by atoms with Gasteiger partial charge in [-0.3, -0.25) is 23.9 Å². The van der Waals surface area contributed by atoms with Gasteiger partial charge in [-0.05, 0) is 125 Å². The lowest BCUT2D eigenvalue weighted by atomic mass is 9.82. The number of rotatable bonds is 11. The summed E-state index contributed by atoms with van der Waals surface area (Å²) in [5, 5.41) is 1.35. The second-order valence-corrected chi connectivity index (χ2v) is 22.4. The summed E-state index contributed by atoms with van der Waals surface area (Å²) < 4.78 is 86.5. The number of carbonyl (C=O) groups is 4. The summed E-state index contributed by atoms with van der Waals surface area (Å²) in [5.41, 5.74) is -2.31. The number of fused-ring (bicyclic) bond motifs is 4. The number of nitrogens with zero attached hydrogens (tertiary/aromatic N) is 2. The summed E-state index contributed by atoms with van der Waals surface area (Å²) in [6, 6.07) is 11.6. The summed E-state index contributed by atoms with van der Waals surface area (Å²) in [6.45, 7) is 9.03. The zero-order chi connectivity index (χ0) is 48.3. The number of aromatic nitrogens is 1. The van der Waals surface area contributed by atoms with Crippen molar-refractivity contribution in [2.45, 2.75) is 128 Å². The molecule has 1 aromatic heterocycles. The largest absolute Gasteiger partial charge is 0.497 e. The number of halogens is 2. The number of allylic oxidation sites excluding steroid dienone is 2. The highest BCUT2D eigenvalue weighted by Gasteiger charge is 2.63. The van der Waals surface area contributed by atoms with E-state index in [1.54, 1.807) is 32.2 Å². The number of nitrogens with one attached hydrogen (secondary N) is 1. The quantitative estimate of drug-likeness (QED) is 0.145. The number of carbonyl (C=O) groups excluding carboxylic acids is 4. The summed E-state index contributed by atoms with van der Waals surface area (Å²) in [5.74, 6) is -6.09. The van der Waals surface area contributed by atoms with Crippen molar-refractivity contribution in [1.29, 1.82) is 0 Å². The number of sulfonamides is 1. The van der Waals surface area contributed by atoms with Gasteiger partial charge >= 0.3 is 5.97 Å². The first-order valence-electron chi connectivity index (χ1n) is 23.2. The van der Waals surface area contributed by atoms with Gasteiger partial charge in [-0.1, -0.05) is 26.0 Å². The Hall–Kier alpha value is -5.32. The Balaban J connectivity index is 1.16. The third-order valence-corrected chi connectivity index (χ3v) is 16.9. The van der Waals surface area contributed by atoms with Crippen LogP contribution in [0.3, 0.4) is 0 Å². The van der Waals surface area contributed by atoms with Gasteiger partial charge in [0.15, 0.2) is 22.9 Å². The Kier molecular flexibility index (Phi) is 12.9. The number of alkyl halides is 2. The molecule has 0 spiro atoms. The van der Waals surface area contributed by atoms with Crippen LogP contribution in [0, 0.1) is 29.1 Å². The zero-order valence-corrected chi connectivity index (χ0v) is 40.0. The third-order valence-electron chi connectivity index (χ3n) is 14.7. The number of hydrogen-bond acceptors (Lipinski definition) is 12. The van der Waals surface area contributed by atoms with Crippen LogP contribution in [0.4, 0.5) is 8.78 Å². The van der Waals surface area contributed by atoms with Crippen LogP contribution in [0.2, 0.25) is 0 Å². The second-order valence-electron chi connectivity index (χ2n) is 20.2. The minimum atomic E-state index is -4.04. The molecule has 3 aromatic rings. The number of hydrogen-bond donors (Lipinski definition) is 1. The fourth-order valence-corrected chi connectivity index (χ4v) is 10.9. The van der Waals surface area contributed by atoms with Crippen LogP contribution in [0.1, 0.15) is 99.3 Å². The van der Waals surface area contributed by atoms with Gasteiger partial charge in [0.1, 0.15) is 25.1 Å². The van der Waals surface area contributed by atoms with Crippen molar-refractivity contribution in [3.63, 3.8) is 0 Å². The van der Waals surface area contributed by atoms with Gasteiger partial charge in [-0.2, -0.15) is 0 Å². The van der Waals surface area contributed by atoms with Crippen LogP contribution in [-0.2, 0) is 33.9 Å². The van der Waals surface area contributed by atoms with Crippen LogP contribution in [0.25, 0.3) is 22.0 Å². The molecule has 362 valence electrons. The number of benzene rings is 2. The first-order chi connectivity index (χ1) is 31.5. The van der Waals surface area contributed by atoms with Gasteiger partial charge in [-0.25, -0.2) is 22.2 Å². The number of amides is 2. The van der Waals surface area contributed by atoms with E-state index in [2.05, 4.69) is 4.72 Å². The number of pyridine rings is 1. The topological polar surface area (TPSA) is 177 Å². The second kappa shape index (κ2) is 18.0. The van der Waals surface area contributed by atoms with Gasteiger partial charge in [0.2, 0.25) is 27.7 Å². The van der Waals surface area contributed by atoms with Crippen molar-refractivity contribution < 1.29 is 60.1 Å². The monoisotopic (exact) mass is 949 g/mol. The highest BCUT2D eigenvalue weighted by Crippen LogP contribution is 2.58. The SMILES string of the molecule is COc1ccc2c(O[C@@H]3C[C@H]4C(=O)C[C@]5(C(=O)NS(=O)(=O)C6(C)CC6)C[C@H]5/C=C\CC[C@@H](C)C[C@@H](C)[C@H](CC(=O)OC(C)(C)C(C)(F)F)C(=O)N4C3)nc(-c3ccc4c(c3)OCCO4)cc2c1. The Morgan fingerprint density at radius 1 is 1.00 bits per heavy atom. The number of ether oxygens (including phenoxy) is 5. The molecule has 8 rings (SSSR count). The first-order valence-corrected chi connectivity index (χ1v) is 24.7. The third kappa shape index (κ3) is 9.85. The van der Waals surface area contributed by atoms with E-state index in [1.807, 2.05) is 50.3 Å². The molecule has 0 radical (unpaired) electrons. The van der Waals surface area contributed by atoms with Crippen molar-refractivity contribution in [3.05, 3.63) is 54.6 Å². The smallest absolute Gasteiger partial charge is 0.307 e. The minimum Gasteiger partial charge on any atom is -0.497 e. The average Bonchev–Trinajstić information content (AvgIpc) is 4.15. The molecule has 7 atom stereocenters. The molecule has 2 amide bonds. The molecule has 0 bridgehead atoms. The molecule has 2 aliphatic carbocycles. The lowest BCUT2D eigenvalue weighted by molar-refractivity contribution is -0.197. The molecule has 17 heteroatoms. The van der Waals surface area contributed by atoms with Crippen molar-refractivity contribution in [2.75, 3.05) is 26.9 Å². The highest BCUT2D eigenvalue weighted by atomic mass is 32.2. The first kappa shape index (κ1) is 48.1. The number of Topliss-reactive ketones (excluding diaryl/α,β-unsaturated/α-hetero) is 1. The van der Waals surface area contributed by atoms with E-state index in [0.29, 0.717) is 86.1 Å². The highest BCUT2D eigenvalue weighted by molar-refractivity contribution is 7.91. The maximum atomic E-state index is 15.2. The van der Waals surface area contributed by atoms with Gasteiger partial charge in [0, 0.05) is 30.7 Å². The van der Waals surface area contributed by atoms with Crippen LogP contribution in [0.5, 0.6) is 23.1 Å². The van der Waals surface area contributed by atoms with Gasteiger partial charge in [0.05, 0.1) is 47.9 Å². The zero-order valence-electron chi connectivity index (χ0n) is 39.2. The van der Waals surface area contributed by atoms with Crippen LogP contribution in [0.15, 0.2) is 54.6 Å². The molecule has 4 heterocycles. The van der Waals surface area contributed by atoms with Crippen molar-refractivity contribution in [2.24, 2.45) is 29.1 Å². The molecule has 1 saturated heterocycles. The molecule has 3 fully saturated rings. The van der Waals surface area contributed by atoms with E-state index in [9.17, 15) is 31.6 Å². The number of ketones is 1. The van der Waals surface area contributed by atoms with Crippen LogP contribution < -0.4 is 23.7 Å². The molecule has 2 aromatic carbocycles. The molecule has 0 unspecified atom stereocenters. The molecule has 2 saturated carbocycles. The van der Waals surface area contributed by atoms with E-state index >= 15 is 4.79 Å². The minimum absolute atomic E-state index is 0.0240. The fourth-order valence-electron chi connectivity index (χ4n) is 9.61. The van der Waals surface area contributed by atoms with E-state index in [4.69, 9.17) is 28.7 Å². The van der Waals surface area contributed by atoms with Crippen molar-refractivity contribution in [1.82, 2.24) is 14.6 Å². The van der Waals surface area contributed by atoms with Gasteiger partial charge in [-0.15, -0.1) is 0 Å². The Morgan fingerprint density at radius 2 is 1.73 bits per heavy atom. The number of methoxy groups -OCH3 is 1. The van der Waals surface area contributed by atoms with E-state index in [1.165, 1.54) is 4.90 Å². The Labute approximate surface area is 390 Å². The Bertz CT molecular complexity index is 2590. The maximum Gasteiger partial charge on any atom is 0.307 e. The predicted molar refractivity (Wildman–Crippen MR) is 244 cm³/mol. The predicted octanol–water partition coefficient (Wildman–Crippen LogP) is 7.99. The molecule has 5 aliphatic rings. The normalized spacial score (nSPS) is 28.0. The van der Waals surface area contributed by atoms with Crippen LogP contribution in [-0.4, -0.2) is 97.2 Å². The number of esters is 1. The fraction of sp³-hybridized carbons (Fsp3) is 0.580. The van der Waals surface area contributed by atoms with E-state index < -0.39 is 91.6 Å². The lowest BCUT2D eigenvalue weighted by Gasteiger charge is -2.34. The molecular formula is C50H61F2N3O11S. The maximum absolute atomic E-state index is 15.2. The summed E-state index contributed by atoms with van der Waals surface area (Å²) >= 11 is 0. The Morgan fingerprint density at radius 3 is 2.43 bits per heavy atom. The van der Waals surface area contributed by atoms with Gasteiger partial charge < -0.3 is 28.6 Å². The van der Waals surface area contributed by atoms with Crippen molar-refractivity contribution >= 4 is 44.4 Å². The molecule has 67 heavy (non-hydrogen) atoms. The van der Waals surface area contributed by atoms with Crippen molar-refractivity contribution in [3.8, 4) is 34.4 Å². The molecule has 3 aliphatic heterocycles. The molecular weight excluding hydrogens is 889 g/mol. The van der Waals surface area contributed by atoms with E-state index in [0.717, 1.165) is 19.2 Å².